The number of rotatable bonds is 5. The monoisotopic (exact) mass is 325 g/mol. The summed E-state index contributed by atoms with van der Waals surface area (Å²) in [7, 11) is 0. The highest BCUT2D eigenvalue weighted by Crippen LogP contribution is 2.22. The first-order valence-corrected chi connectivity index (χ1v) is 6.58. The molecule has 0 amide bonds. The van der Waals surface area contributed by atoms with Crippen LogP contribution in [0.25, 0.3) is 0 Å². The van der Waals surface area contributed by atoms with Gasteiger partial charge in [-0.25, -0.2) is 0 Å². The van der Waals surface area contributed by atoms with Gasteiger partial charge in [-0.2, -0.15) is 0 Å². The van der Waals surface area contributed by atoms with Crippen molar-refractivity contribution in [3.63, 3.8) is 0 Å². The fourth-order valence-corrected chi connectivity index (χ4v) is 2.02. The Balaban J connectivity index is 2.09. The number of ether oxygens (including phenoxy) is 1. The lowest BCUT2D eigenvalue weighted by Crippen LogP contribution is -2.12. The number of nitrogens with zero attached hydrogens (tertiary/aromatic N) is 1. The third-order valence-corrected chi connectivity index (χ3v) is 3.19. The second-order valence-corrected chi connectivity index (χ2v) is 4.93. The Morgan fingerprint density at radius 3 is 2.67 bits per heavy atom. The number of nitro groups is 1. The maximum absolute atomic E-state index is 12.0. The van der Waals surface area contributed by atoms with Crippen LogP contribution in [0.15, 0.2) is 42.5 Å². The van der Waals surface area contributed by atoms with Crippen molar-refractivity contribution in [3.8, 4) is 5.75 Å². The molecule has 21 heavy (non-hydrogen) atoms. The molecule has 0 aliphatic heterocycles. The molecule has 0 aliphatic rings. The number of Topliss-reactive ketones (excluding diaryl/α,β-unsaturated/α-hetero) is 1. The van der Waals surface area contributed by atoms with E-state index in [1.807, 2.05) is 0 Å². The van der Waals surface area contributed by atoms with Crippen LogP contribution < -0.4 is 4.74 Å². The maximum atomic E-state index is 12.0. The lowest BCUT2D eigenvalue weighted by Gasteiger charge is -2.07. The molecular weight excluding hydrogens is 317 g/mol. The van der Waals surface area contributed by atoms with Gasteiger partial charge in [0.15, 0.2) is 6.61 Å². The van der Waals surface area contributed by atoms with Gasteiger partial charge in [0.1, 0.15) is 5.75 Å². The highest BCUT2D eigenvalue weighted by molar-refractivity contribution is 6.35. The number of ketones is 1. The van der Waals surface area contributed by atoms with E-state index >= 15 is 0 Å². The number of benzene rings is 2. The summed E-state index contributed by atoms with van der Waals surface area (Å²) in [6.45, 7) is -0.290. The smallest absolute Gasteiger partial charge is 0.273 e. The van der Waals surface area contributed by atoms with Crippen LogP contribution >= 0.6 is 23.2 Å². The topological polar surface area (TPSA) is 69.4 Å². The van der Waals surface area contributed by atoms with Gasteiger partial charge in [-0.1, -0.05) is 29.3 Å². The molecule has 0 bridgehead atoms. The van der Waals surface area contributed by atoms with Crippen molar-refractivity contribution in [2.24, 2.45) is 0 Å². The third kappa shape index (κ3) is 3.93. The minimum atomic E-state index is -0.539. The van der Waals surface area contributed by atoms with Gasteiger partial charge in [-0.3, -0.25) is 14.9 Å². The first kappa shape index (κ1) is 15.3. The number of hydrogen-bond donors (Lipinski definition) is 0. The fourth-order valence-electron chi connectivity index (χ4n) is 1.62. The van der Waals surface area contributed by atoms with E-state index in [0.717, 1.165) is 0 Å². The van der Waals surface area contributed by atoms with Gasteiger partial charge < -0.3 is 4.74 Å². The van der Waals surface area contributed by atoms with E-state index in [1.54, 1.807) is 6.07 Å². The molecule has 0 atom stereocenters. The van der Waals surface area contributed by atoms with Crippen LogP contribution in [0, 0.1) is 10.1 Å². The molecule has 0 aliphatic carbocycles. The predicted molar refractivity (Wildman–Crippen MR) is 79.4 cm³/mol. The van der Waals surface area contributed by atoms with Crippen molar-refractivity contribution in [1.82, 2.24) is 0 Å². The molecule has 0 radical (unpaired) electrons. The molecule has 0 aromatic heterocycles. The molecule has 2 aromatic rings. The van der Waals surface area contributed by atoms with Gasteiger partial charge in [-0.05, 0) is 24.3 Å². The highest BCUT2D eigenvalue weighted by Gasteiger charge is 2.13. The summed E-state index contributed by atoms with van der Waals surface area (Å²) in [5, 5.41) is 11.3. The van der Waals surface area contributed by atoms with E-state index in [0.29, 0.717) is 5.02 Å². The zero-order chi connectivity index (χ0) is 15.4. The quantitative estimate of drug-likeness (QED) is 0.470. The summed E-state index contributed by atoms with van der Waals surface area (Å²) in [5.74, 6) is -0.135. The summed E-state index contributed by atoms with van der Waals surface area (Å²) in [6.07, 6.45) is 0. The van der Waals surface area contributed by atoms with Gasteiger partial charge in [0.2, 0.25) is 5.78 Å². The normalized spacial score (nSPS) is 10.2. The van der Waals surface area contributed by atoms with Crippen LogP contribution in [-0.4, -0.2) is 17.3 Å². The van der Waals surface area contributed by atoms with Crippen LogP contribution in [0.1, 0.15) is 10.4 Å². The molecule has 2 rings (SSSR count). The van der Waals surface area contributed by atoms with Crippen molar-refractivity contribution >= 4 is 34.7 Å². The minimum absolute atomic E-state index is 0.110. The largest absolute Gasteiger partial charge is 0.485 e. The molecule has 7 heteroatoms. The third-order valence-electron chi connectivity index (χ3n) is 2.63. The van der Waals surface area contributed by atoms with E-state index in [-0.39, 0.29) is 34.4 Å². The number of halogens is 2. The Hall–Kier alpha value is -2.11. The van der Waals surface area contributed by atoms with E-state index in [4.69, 9.17) is 27.9 Å². The summed E-state index contributed by atoms with van der Waals surface area (Å²) in [6, 6.07) is 10.1. The molecule has 2 aromatic carbocycles. The first-order valence-electron chi connectivity index (χ1n) is 5.83. The summed E-state index contributed by atoms with van der Waals surface area (Å²) < 4.78 is 5.25. The second kappa shape index (κ2) is 6.56. The van der Waals surface area contributed by atoms with Gasteiger partial charge in [0.25, 0.3) is 5.69 Å². The van der Waals surface area contributed by atoms with Crippen molar-refractivity contribution in [2.75, 3.05) is 6.61 Å². The van der Waals surface area contributed by atoms with E-state index in [2.05, 4.69) is 0 Å². The van der Waals surface area contributed by atoms with Crippen molar-refractivity contribution in [1.29, 1.82) is 0 Å². The van der Waals surface area contributed by atoms with Crippen molar-refractivity contribution in [3.05, 3.63) is 68.2 Å². The lowest BCUT2D eigenvalue weighted by molar-refractivity contribution is -0.384. The molecule has 0 heterocycles. The Kier molecular flexibility index (Phi) is 4.77. The number of carbonyl (C=O) groups is 1. The summed E-state index contributed by atoms with van der Waals surface area (Å²) in [5.41, 5.74) is 0.135. The van der Waals surface area contributed by atoms with Crippen molar-refractivity contribution in [2.45, 2.75) is 0 Å². The van der Waals surface area contributed by atoms with E-state index in [1.165, 1.54) is 36.4 Å². The molecule has 0 saturated carbocycles. The first-order chi connectivity index (χ1) is 9.97. The number of carbonyl (C=O) groups excluding carboxylic acids is 1. The van der Waals surface area contributed by atoms with Gasteiger partial charge in [0.05, 0.1) is 16.0 Å². The Morgan fingerprint density at radius 1 is 1.19 bits per heavy atom. The predicted octanol–water partition coefficient (Wildman–Crippen LogP) is 4.16. The molecule has 0 N–H and O–H groups in total. The average Bonchev–Trinajstić information content (AvgIpc) is 2.47. The summed E-state index contributed by atoms with van der Waals surface area (Å²) in [4.78, 5) is 22.1. The maximum Gasteiger partial charge on any atom is 0.273 e. The molecule has 108 valence electrons. The SMILES string of the molecule is O=C(COc1cccc([N+](=O)[O-])c1)c1cc(Cl)ccc1Cl. The van der Waals surface area contributed by atoms with E-state index in [9.17, 15) is 14.9 Å². The minimum Gasteiger partial charge on any atom is -0.485 e. The van der Waals surface area contributed by atoms with E-state index < -0.39 is 4.92 Å². The standard InChI is InChI=1S/C14H9Cl2NO4/c15-9-4-5-13(16)12(6-9)14(18)8-21-11-3-1-2-10(7-11)17(19)20/h1-7H,8H2. The number of non-ortho nitro benzene ring substituents is 1. The zero-order valence-electron chi connectivity index (χ0n) is 10.6. The summed E-state index contributed by atoms with van der Waals surface area (Å²) >= 11 is 11.7. The Labute approximate surface area is 130 Å². The Morgan fingerprint density at radius 2 is 1.95 bits per heavy atom. The number of nitro benzene ring substituents is 1. The number of hydrogen-bond acceptors (Lipinski definition) is 4. The van der Waals surface area contributed by atoms with Crippen LogP contribution in [0.3, 0.4) is 0 Å². The molecule has 0 fully saturated rings. The van der Waals surface area contributed by atoms with Gasteiger partial charge in [0, 0.05) is 16.7 Å². The molecule has 5 nitrogen and oxygen atoms in total. The van der Waals surface area contributed by atoms with Crippen LogP contribution in [-0.2, 0) is 0 Å². The molecular formula is C14H9Cl2NO4. The average molecular weight is 326 g/mol. The van der Waals surface area contributed by atoms with Crippen LogP contribution in [0.2, 0.25) is 10.0 Å². The van der Waals surface area contributed by atoms with Gasteiger partial charge in [-0.15, -0.1) is 0 Å². The van der Waals surface area contributed by atoms with Gasteiger partial charge >= 0.3 is 0 Å². The lowest BCUT2D eigenvalue weighted by atomic mass is 10.1. The van der Waals surface area contributed by atoms with Crippen LogP contribution in [0.5, 0.6) is 5.75 Å². The zero-order valence-corrected chi connectivity index (χ0v) is 12.1. The Bertz CT molecular complexity index is 703. The fraction of sp³-hybridized carbons (Fsp3) is 0.0714. The van der Waals surface area contributed by atoms with Crippen molar-refractivity contribution < 1.29 is 14.5 Å². The molecule has 0 saturated heterocycles. The second-order valence-electron chi connectivity index (χ2n) is 4.09. The highest BCUT2D eigenvalue weighted by atomic mass is 35.5. The van der Waals surface area contributed by atoms with Crippen LogP contribution in [0.4, 0.5) is 5.69 Å². The molecule has 0 unspecified atom stereocenters. The molecule has 0 spiro atoms.